The summed E-state index contributed by atoms with van der Waals surface area (Å²) in [6, 6.07) is 0. The zero-order chi connectivity index (χ0) is 6.15. The molecule has 1 aliphatic heterocycles. The van der Waals surface area contributed by atoms with Gasteiger partial charge < -0.3 is 0 Å². The second-order valence-electron chi connectivity index (χ2n) is 2.40. The highest BCUT2D eigenvalue weighted by molar-refractivity contribution is 8.13. The van der Waals surface area contributed by atoms with Crippen LogP contribution in [0.3, 0.4) is 0 Å². The van der Waals surface area contributed by atoms with Gasteiger partial charge in [-0.1, -0.05) is 32.5 Å². The van der Waals surface area contributed by atoms with Gasteiger partial charge in [0.25, 0.3) is 0 Å². The molecule has 1 heterocycles. The van der Waals surface area contributed by atoms with E-state index in [9.17, 15) is 0 Å². The van der Waals surface area contributed by atoms with Crippen LogP contribution in [0.25, 0.3) is 0 Å². The molecule has 0 amide bonds. The first-order valence-corrected chi connectivity index (χ1v) is 3.98. The summed E-state index contributed by atoms with van der Waals surface area (Å²) in [5.74, 6) is 0.787. The molecule has 0 unspecified atom stereocenters. The van der Waals surface area contributed by atoms with Crippen LogP contribution in [0.4, 0.5) is 0 Å². The molecule has 0 bridgehead atoms. The molecule has 46 valence electrons. The number of hydrogen-bond acceptors (Lipinski definition) is 1. The summed E-state index contributed by atoms with van der Waals surface area (Å²) in [5.41, 5.74) is 0. The molecule has 0 N–H and O–H groups in total. The Labute approximate surface area is 55.4 Å². The Kier molecular flexibility index (Phi) is 1.66. The molecule has 8 heavy (non-hydrogen) atoms. The van der Waals surface area contributed by atoms with Crippen molar-refractivity contribution in [3.8, 4) is 0 Å². The third-order valence-corrected chi connectivity index (χ3v) is 2.80. The van der Waals surface area contributed by atoms with Gasteiger partial charge in [-0.25, -0.2) is 0 Å². The molecule has 0 saturated heterocycles. The lowest BCUT2D eigenvalue weighted by Gasteiger charge is -1.88. The van der Waals surface area contributed by atoms with E-state index in [-0.39, 0.29) is 0 Å². The Hall–Kier alpha value is 0.0900. The van der Waals surface area contributed by atoms with Crippen LogP contribution in [0.5, 0.6) is 0 Å². The molecular weight excluding hydrogens is 116 g/mol. The van der Waals surface area contributed by atoms with Crippen molar-refractivity contribution in [2.75, 3.05) is 0 Å². The highest BCUT2D eigenvalue weighted by atomic mass is 32.2. The second-order valence-corrected chi connectivity index (χ2v) is 3.53. The first-order chi connectivity index (χ1) is 3.75. The van der Waals surface area contributed by atoms with Gasteiger partial charge in [-0.2, -0.15) is 0 Å². The molecule has 0 aliphatic carbocycles. The zero-order valence-corrected chi connectivity index (χ0v) is 6.51. The fourth-order valence-corrected chi connectivity index (χ4v) is 1.77. The van der Waals surface area contributed by atoms with Gasteiger partial charge in [-0.3, -0.25) is 0 Å². The van der Waals surface area contributed by atoms with Crippen molar-refractivity contribution < 1.29 is 0 Å². The van der Waals surface area contributed by atoms with Crippen molar-refractivity contribution in [1.29, 1.82) is 0 Å². The molecule has 1 heteroatoms. The maximum absolute atomic E-state index is 2.25. The SMILES string of the molecule is CCC1=C(C(C)C)S1. The van der Waals surface area contributed by atoms with Crippen LogP contribution in [0.15, 0.2) is 9.81 Å². The Balaban J connectivity index is 2.41. The van der Waals surface area contributed by atoms with Crippen LogP contribution < -0.4 is 0 Å². The maximum atomic E-state index is 2.25. The van der Waals surface area contributed by atoms with E-state index in [4.69, 9.17) is 0 Å². The Morgan fingerprint density at radius 2 is 2.12 bits per heavy atom. The predicted octanol–water partition coefficient (Wildman–Crippen LogP) is 3.01. The van der Waals surface area contributed by atoms with Crippen molar-refractivity contribution >= 4 is 11.8 Å². The molecule has 1 rings (SSSR count). The molecule has 0 aromatic rings. The first-order valence-electron chi connectivity index (χ1n) is 3.16. The molecule has 0 nitrogen and oxygen atoms in total. The number of hydrogen-bond donors (Lipinski definition) is 0. The van der Waals surface area contributed by atoms with E-state index in [2.05, 4.69) is 20.8 Å². The van der Waals surface area contributed by atoms with E-state index >= 15 is 0 Å². The topological polar surface area (TPSA) is 0 Å². The third-order valence-electron chi connectivity index (χ3n) is 1.31. The summed E-state index contributed by atoms with van der Waals surface area (Å²) >= 11 is 1.98. The molecule has 0 fully saturated rings. The van der Waals surface area contributed by atoms with E-state index in [0.717, 1.165) is 5.92 Å². The Morgan fingerprint density at radius 1 is 1.50 bits per heavy atom. The molecule has 1 aliphatic rings. The van der Waals surface area contributed by atoms with E-state index < -0.39 is 0 Å². The van der Waals surface area contributed by atoms with Crippen LogP contribution in [-0.4, -0.2) is 0 Å². The predicted molar refractivity (Wildman–Crippen MR) is 39.7 cm³/mol. The van der Waals surface area contributed by atoms with E-state index in [0.29, 0.717) is 0 Å². The monoisotopic (exact) mass is 128 g/mol. The fraction of sp³-hybridized carbons (Fsp3) is 0.714. The standard InChI is InChI=1S/C7H12S/c1-4-6-7(8-6)5(2)3/h5H,4H2,1-3H3. The zero-order valence-electron chi connectivity index (χ0n) is 5.69. The lowest BCUT2D eigenvalue weighted by molar-refractivity contribution is 0.821. The average Bonchev–Trinajstić information content (AvgIpc) is 2.42. The van der Waals surface area contributed by atoms with Crippen molar-refractivity contribution in [3.63, 3.8) is 0 Å². The molecular formula is C7H12S. The van der Waals surface area contributed by atoms with Crippen LogP contribution in [0.2, 0.25) is 0 Å². The number of allylic oxidation sites excluding steroid dienone is 2. The highest BCUT2D eigenvalue weighted by Crippen LogP contribution is 2.51. The molecule has 0 aromatic carbocycles. The Bertz CT molecular complexity index is 122. The van der Waals surface area contributed by atoms with Gasteiger partial charge in [-0.15, -0.1) is 0 Å². The van der Waals surface area contributed by atoms with Gasteiger partial charge in [0.2, 0.25) is 0 Å². The van der Waals surface area contributed by atoms with Crippen molar-refractivity contribution in [2.24, 2.45) is 5.92 Å². The van der Waals surface area contributed by atoms with Gasteiger partial charge in [0.05, 0.1) is 0 Å². The van der Waals surface area contributed by atoms with Gasteiger partial charge in [0, 0.05) is 4.91 Å². The quantitative estimate of drug-likeness (QED) is 0.551. The van der Waals surface area contributed by atoms with Crippen LogP contribution >= 0.6 is 11.8 Å². The highest BCUT2D eigenvalue weighted by Gasteiger charge is 2.22. The summed E-state index contributed by atoms with van der Waals surface area (Å²) in [4.78, 5) is 3.26. The maximum Gasteiger partial charge on any atom is 0.00185 e. The van der Waals surface area contributed by atoms with E-state index in [1.165, 1.54) is 6.42 Å². The summed E-state index contributed by atoms with van der Waals surface area (Å²) < 4.78 is 0. The van der Waals surface area contributed by atoms with Gasteiger partial charge in [-0.05, 0) is 17.2 Å². The molecule has 0 radical (unpaired) electrons. The summed E-state index contributed by atoms with van der Waals surface area (Å²) in [5, 5.41) is 0. The second kappa shape index (κ2) is 2.14. The summed E-state index contributed by atoms with van der Waals surface area (Å²) in [6.07, 6.45) is 1.25. The van der Waals surface area contributed by atoms with Gasteiger partial charge >= 0.3 is 0 Å². The van der Waals surface area contributed by atoms with Crippen molar-refractivity contribution in [3.05, 3.63) is 9.81 Å². The average molecular weight is 128 g/mol. The number of rotatable bonds is 2. The first kappa shape index (κ1) is 6.21. The van der Waals surface area contributed by atoms with Gasteiger partial charge in [0.1, 0.15) is 0 Å². The van der Waals surface area contributed by atoms with Crippen LogP contribution in [-0.2, 0) is 0 Å². The minimum Gasteiger partial charge on any atom is -0.0971 e. The molecule has 0 aromatic heterocycles. The molecule has 0 spiro atoms. The lowest BCUT2D eigenvalue weighted by atomic mass is 10.2. The van der Waals surface area contributed by atoms with Gasteiger partial charge in [0.15, 0.2) is 0 Å². The normalized spacial score (nSPS) is 18.0. The molecule has 0 atom stereocenters. The van der Waals surface area contributed by atoms with Crippen molar-refractivity contribution in [2.45, 2.75) is 27.2 Å². The number of thioether (sulfide) groups is 1. The summed E-state index contributed by atoms with van der Waals surface area (Å²) in [6.45, 7) is 6.73. The van der Waals surface area contributed by atoms with Crippen LogP contribution in [0.1, 0.15) is 27.2 Å². The molecule has 0 saturated carbocycles. The Morgan fingerprint density at radius 3 is 2.25 bits per heavy atom. The largest absolute Gasteiger partial charge is 0.0971 e. The fourth-order valence-electron chi connectivity index (χ4n) is 0.793. The third kappa shape index (κ3) is 1.08. The van der Waals surface area contributed by atoms with E-state index in [1.54, 1.807) is 9.81 Å². The minimum atomic E-state index is 0.787. The minimum absolute atomic E-state index is 0.787. The lowest BCUT2D eigenvalue weighted by Crippen LogP contribution is -1.76. The van der Waals surface area contributed by atoms with Crippen molar-refractivity contribution in [1.82, 2.24) is 0 Å². The summed E-state index contributed by atoms with van der Waals surface area (Å²) in [7, 11) is 0. The smallest absolute Gasteiger partial charge is 0.00185 e. The van der Waals surface area contributed by atoms with Crippen LogP contribution in [0, 0.1) is 5.92 Å². The van der Waals surface area contributed by atoms with E-state index in [1.807, 2.05) is 11.8 Å².